The molecule has 0 unspecified atom stereocenters. The van der Waals surface area contributed by atoms with Crippen LogP contribution in [0.5, 0.6) is 0 Å². The number of likely N-dealkylation sites (tertiary alicyclic amines) is 1. The van der Waals surface area contributed by atoms with E-state index in [1.807, 2.05) is 31.3 Å². The van der Waals surface area contributed by atoms with E-state index in [-0.39, 0.29) is 12.1 Å². The van der Waals surface area contributed by atoms with Gasteiger partial charge in [-0.1, -0.05) is 0 Å². The molecule has 3 heterocycles. The van der Waals surface area contributed by atoms with Crippen molar-refractivity contribution in [3.8, 4) is 0 Å². The second kappa shape index (κ2) is 5.63. The summed E-state index contributed by atoms with van der Waals surface area (Å²) in [5.41, 5.74) is 1.93. The smallest absolute Gasteiger partial charge is 0.322 e. The van der Waals surface area contributed by atoms with Crippen molar-refractivity contribution in [2.45, 2.75) is 25.3 Å². The third kappa shape index (κ3) is 2.79. The zero-order chi connectivity index (χ0) is 14.8. The van der Waals surface area contributed by atoms with Crippen molar-refractivity contribution in [3.05, 3.63) is 36.4 Å². The lowest BCUT2D eigenvalue weighted by atomic mass is 10.00. The normalized spacial score (nSPS) is 18.8. The van der Waals surface area contributed by atoms with Crippen molar-refractivity contribution in [2.24, 2.45) is 14.1 Å². The van der Waals surface area contributed by atoms with Crippen LogP contribution in [0.1, 0.15) is 31.0 Å². The highest BCUT2D eigenvalue weighted by molar-refractivity contribution is 5.89. The minimum absolute atomic E-state index is 0.0473. The van der Waals surface area contributed by atoms with E-state index < -0.39 is 0 Å². The molecule has 112 valence electrons. The van der Waals surface area contributed by atoms with Crippen LogP contribution in [-0.2, 0) is 14.1 Å². The summed E-state index contributed by atoms with van der Waals surface area (Å²) < 4.78 is 3.78. The van der Waals surface area contributed by atoms with Crippen LogP contribution < -0.4 is 5.32 Å². The van der Waals surface area contributed by atoms with Crippen LogP contribution >= 0.6 is 0 Å². The van der Waals surface area contributed by atoms with Gasteiger partial charge in [-0.15, -0.1) is 0 Å². The first kappa shape index (κ1) is 13.7. The molecule has 6 nitrogen and oxygen atoms in total. The van der Waals surface area contributed by atoms with Crippen molar-refractivity contribution >= 4 is 11.7 Å². The average Bonchev–Trinajstić information content (AvgIpc) is 3.07. The van der Waals surface area contributed by atoms with E-state index in [2.05, 4.69) is 21.0 Å². The van der Waals surface area contributed by atoms with E-state index in [0.29, 0.717) is 0 Å². The lowest BCUT2D eigenvalue weighted by Gasteiger charge is -2.35. The lowest BCUT2D eigenvalue weighted by Crippen LogP contribution is -2.41. The van der Waals surface area contributed by atoms with Gasteiger partial charge < -0.3 is 14.8 Å². The molecule has 1 aliphatic heterocycles. The van der Waals surface area contributed by atoms with Crippen LogP contribution in [-0.4, -0.2) is 31.8 Å². The van der Waals surface area contributed by atoms with Gasteiger partial charge in [0.05, 0.1) is 17.9 Å². The molecular weight excluding hydrogens is 266 g/mol. The largest absolute Gasteiger partial charge is 0.353 e. The highest BCUT2D eigenvalue weighted by Gasteiger charge is 2.29. The molecule has 0 aliphatic carbocycles. The van der Waals surface area contributed by atoms with Gasteiger partial charge in [0.1, 0.15) is 0 Å². The summed E-state index contributed by atoms with van der Waals surface area (Å²) in [6.07, 6.45) is 8.73. The monoisotopic (exact) mass is 287 g/mol. The maximum absolute atomic E-state index is 12.6. The summed E-state index contributed by atoms with van der Waals surface area (Å²) in [5, 5.41) is 7.02. The zero-order valence-electron chi connectivity index (χ0n) is 12.5. The van der Waals surface area contributed by atoms with Gasteiger partial charge in [0.15, 0.2) is 0 Å². The Kier molecular flexibility index (Phi) is 3.68. The minimum atomic E-state index is -0.0473. The highest BCUT2D eigenvalue weighted by Crippen LogP contribution is 2.31. The second-order valence-electron chi connectivity index (χ2n) is 5.58. The second-order valence-corrected chi connectivity index (χ2v) is 5.58. The zero-order valence-corrected chi connectivity index (χ0v) is 12.5. The van der Waals surface area contributed by atoms with Crippen molar-refractivity contribution in [1.29, 1.82) is 0 Å². The molecule has 1 fully saturated rings. The molecule has 21 heavy (non-hydrogen) atoms. The Morgan fingerprint density at radius 3 is 2.90 bits per heavy atom. The van der Waals surface area contributed by atoms with Crippen molar-refractivity contribution in [3.63, 3.8) is 0 Å². The Bertz CT molecular complexity index is 630. The van der Waals surface area contributed by atoms with Gasteiger partial charge >= 0.3 is 6.03 Å². The third-order valence-electron chi connectivity index (χ3n) is 4.05. The summed E-state index contributed by atoms with van der Waals surface area (Å²) in [6, 6.07) is 4.23. The number of aryl methyl sites for hydroxylation is 2. The van der Waals surface area contributed by atoms with Crippen LogP contribution in [0.2, 0.25) is 0 Å². The molecule has 1 aliphatic rings. The van der Waals surface area contributed by atoms with Crippen LogP contribution in [0.3, 0.4) is 0 Å². The number of piperidine rings is 1. The van der Waals surface area contributed by atoms with Gasteiger partial charge in [0.2, 0.25) is 0 Å². The quantitative estimate of drug-likeness (QED) is 0.922. The molecule has 2 aromatic heterocycles. The number of nitrogens with zero attached hydrogens (tertiary/aromatic N) is 4. The molecule has 3 rings (SSSR count). The average molecular weight is 287 g/mol. The summed E-state index contributed by atoms with van der Waals surface area (Å²) in [7, 11) is 3.87. The van der Waals surface area contributed by atoms with E-state index in [0.717, 1.165) is 31.5 Å². The molecule has 0 bridgehead atoms. The molecule has 1 saturated heterocycles. The number of urea groups is 1. The van der Waals surface area contributed by atoms with Gasteiger partial charge in [-0.05, 0) is 31.4 Å². The van der Waals surface area contributed by atoms with Crippen LogP contribution in [0.25, 0.3) is 0 Å². The topological polar surface area (TPSA) is 55.1 Å². The number of rotatable bonds is 2. The molecule has 2 amide bonds. The fourth-order valence-corrected chi connectivity index (χ4v) is 2.98. The molecule has 0 aromatic carbocycles. The molecule has 2 aromatic rings. The Morgan fingerprint density at radius 2 is 2.24 bits per heavy atom. The number of aromatic nitrogens is 3. The number of hydrogen-bond acceptors (Lipinski definition) is 2. The number of amides is 2. The summed E-state index contributed by atoms with van der Waals surface area (Å²) in [4.78, 5) is 14.5. The molecule has 6 heteroatoms. The van der Waals surface area contributed by atoms with Crippen LogP contribution in [0, 0.1) is 0 Å². The maximum Gasteiger partial charge on any atom is 0.322 e. The van der Waals surface area contributed by atoms with E-state index in [4.69, 9.17) is 0 Å². The first-order valence-corrected chi connectivity index (χ1v) is 7.32. The van der Waals surface area contributed by atoms with E-state index in [1.165, 1.54) is 5.69 Å². The van der Waals surface area contributed by atoms with Gasteiger partial charge in [-0.3, -0.25) is 4.68 Å². The lowest BCUT2D eigenvalue weighted by molar-refractivity contribution is 0.160. The minimum Gasteiger partial charge on any atom is -0.353 e. The van der Waals surface area contributed by atoms with Gasteiger partial charge in [0.25, 0.3) is 0 Å². The van der Waals surface area contributed by atoms with Crippen molar-refractivity contribution in [1.82, 2.24) is 19.2 Å². The predicted molar refractivity (Wildman–Crippen MR) is 80.9 cm³/mol. The van der Waals surface area contributed by atoms with E-state index in [1.54, 1.807) is 17.1 Å². The third-order valence-corrected chi connectivity index (χ3v) is 4.05. The van der Waals surface area contributed by atoms with Gasteiger partial charge in [-0.2, -0.15) is 5.10 Å². The first-order valence-electron chi connectivity index (χ1n) is 7.32. The Labute approximate surface area is 124 Å². The standard InChI is InChI=1S/C15H21N5O/c1-18-8-5-7-13(18)14-6-3-4-9-20(14)15(21)17-12-10-16-19(2)11-12/h5,7-8,10-11,14H,3-4,6,9H2,1-2H3,(H,17,21)/t14-/m0/s1. The Morgan fingerprint density at radius 1 is 1.38 bits per heavy atom. The van der Waals surface area contributed by atoms with E-state index >= 15 is 0 Å². The number of carbonyl (C=O) groups is 1. The Hall–Kier alpha value is -2.24. The van der Waals surface area contributed by atoms with Crippen molar-refractivity contribution in [2.75, 3.05) is 11.9 Å². The summed E-state index contributed by atoms with van der Waals surface area (Å²) >= 11 is 0. The van der Waals surface area contributed by atoms with Crippen molar-refractivity contribution < 1.29 is 4.79 Å². The number of nitrogens with one attached hydrogen (secondary N) is 1. The van der Waals surface area contributed by atoms with Crippen LogP contribution in [0.4, 0.5) is 10.5 Å². The molecule has 0 saturated carbocycles. The summed E-state index contributed by atoms with van der Waals surface area (Å²) in [5.74, 6) is 0. The highest BCUT2D eigenvalue weighted by atomic mass is 16.2. The predicted octanol–water partition coefficient (Wildman–Crippen LogP) is 2.52. The molecule has 0 radical (unpaired) electrons. The maximum atomic E-state index is 12.6. The Balaban J connectivity index is 1.77. The van der Waals surface area contributed by atoms with Crippen LogP contribution in [0.15, 0.2) is 30.7 Å². The number of anilines is 1. The fraction of sp³-hybridized carbons (Fsp3) is 0.467. The first-order chi connectivity index (χ1) is 10.1. The van der Waals surface area contributed by atoms with Gasteiger partial charge in [-0.25, -0.2) is 4.79 Å². The molecule has 0 spiro atoms. The molecule has 1 atom stereocenters. The molecular formula is C15H21N5O. The number of hydrogen-bond donors (Lipinski definition) is 1. The SMILES string of the molecule is Cn1cc(NC(=O)N2CCCC[C@H]2c2cccn2C)cn1. The molecule has 1 N–H and O–H groups in total. The number of carbonyl (C=O) groups excluding carboxylic acids is 1. The summed E-state index contributed by atoms with van der Waals surface area (Å²) in [6.45, 7) is 0.794. The van der Waals surface area contributed by atoms with Gasteiger partial charge in [0, 0.05) is 38.7 Å². The fourth-order valence-electron chi connectivity index (χ4n) is 2.98. The van der Waals surface area contributed by atoms with E-state index in [9.17, 15) is 4.79 Å².